The molecular weight excluding hydrogens is 258 g/mol. The van der Waals surface area contributed by atoms with Gasteiger partial charge in [-0.3, -0.25) is 4.79 Å². The van der Waals surface area contributed by atoms with Gasteiger partial charge in [-0.05, 0) is 31.5 Å². The molecule has 0 bridgehead atoms. The fourth-order valence-electron chi connectivity index (χ4n) is 1.78. The van der Waals surface area contributed by atoms with E-state index in [9.17, 15) is 4.79 Å². The average molecular weight is 275 g/mol. The van der Waals surface area contributed by atoms with E-state index in [2.05, 4.69) is 10.3 Å². The van der Waals surface area contributed by atoms with Gasteiger partial charge in [0.05, 0.1) is 10.6 Å². The molecule has 1 aromatic carbocycles. The van der Waals surface area contributed by atoms with Crippen molar-refractivity contribution in [2.75, 3.05) is 12.3 Å². The quantitative estimate of drug-likeness (QED) is 0.841. The summed E-state index contributed by atoms with van der Waals surface area (Å²) < 4.78 is 0. The van der Waals surface area contributed by atoms with Crippen LogP contribution in [0.5, 0.6) is 0 Å². The first-order chi connectivity index (χ1) is 9.06. The van der Waals surface area contributed by atoms with Crippen molar-refractivity contribution in [1.82, 2.24) is 10.3 Å². The Morgan fingerprint density at radius 3 is 2.84 bits per heavy atom. The summed E-state index contributed by atoms with van der Waals surface area (Å²) >= 11 is 1.62. The summed E-state index contributed by atoms with van der Waals surface area (Å²) in [4.78, 5) is 16.3. The van der Waals surface area contributed by atoms with Gasteiger partial charge in [0.25, 0.3) is 5.91 Å². The Bertz CT molecular complexity index is 592. The zero-order valence-corrected chi connectivity index (χ0v) is 11.9. The molecule has 0 fully saturated rings. The van der Waals surface area contributed by atoms with Crippen LogP contribution in [0.25, 0.3) is 0 Å². The maximum Gasteiger partial charge on any atom is 0.253 e. The predicted molar refractivity (Wildman–Crippen MR) is 78.5 cm³/mol. The molecular formula is C14H17N3OS. The zero-order chi connectivity index (χ0) is 13.8. The van der Waals surface area contributed by atoms with Crippen molar-refractivity contribution in [3.63, 3.8) is 0 Å². The van der Waals surface area contributed by atoms with Crippen LogP contribution in [0.4, 0.5) is 5.69 Å². The van der Waals surface area contributed by atoms with E-state index in [-0.39, 0.29) is 5.91 Å². The minimum absolute atomic E-state index is 0.134. The van der Waals surface area contributed by atoms with Gasteiger partial charge in [-0.25, -0.2) is 4.98 Å². The van der Waals surface area contributed by atoms with E-state index in [4.69, 9.17) is 5.73 Å². The second kappa shape index (κ2) is 5.84. The lowest BCUT2D eigenvalue weighted by Crippen LogP contribution is -2.26. The summed E-state index contributed by atoms with van der Waals surface area (Å²) in [5.41, 5.74) is 8.95. The van der Waals surface area contributed by atoms with Gasteiger partial charge in [0, 0.05) is 29.7 Å². The number of amides is 1. The first kappa shape index (κ1) is 13.5. The molecule has 19 heavy (non-hydrogen) atoms. The maximum atomic E-state index is 12.0. The fourth-order valence-corrected chi connectivity index (χ4v) is 2.56. The molecule has 3 N–H and O–H groups in total. The van der Waals surface area contributed by atoms with Crippen molar-refractivity contribution in [2.45, 2.75) is 20.3 Å². The molecule has 1 amide bonds. The van der Waals surface area contributed by atoms with E-state index in [1.54, 1.807) is 23.5 Å². The highest BCUT2D eigenvalue weighted by Gasteiger charge is 2.09. The Morgan fingerprint density at radius 2 is 2.21 bits per heavy atom. The molecule has 100 valence electrons. The number of nitrogens with one attached hydrogen (secondary N) is 1. The van der Waals surface area contributed by atoms with E-state index in [0.29, 0.717) is 17.8 Å². The monoisotopic (exact) mass is 275 g/mol. The van der Waals surface area contributed by atoms with Crippen LogP contribution in [0, 0.1) is 13.8 Å². The van der Waals surface area contributed by atoms with Crippen LogP contribution in [0.1, 0.15) is 26.6 Å². The van der Waals surface area contributed by atoms with Crippen molar-refractivity contribution < 1.29 is 4.79 Å². The van der Waals surface area contributed by atoms with Gasteiger partial charge in [-0.1, -0.05) is 6.07 Å². The maximum absolute atomic E-state index is 12.0. The molecule has 1 heterocycles. The van der Waals surface area contributed by atoms with Gasteiger partial charge in [-0.2, -0.15) is 0 Å². The minimum Gasteiger partial charge on any atom is -0.398 e. The first-order valence-corrected chi connectivity index (χ1v) is 6.99. The topological polar surface area (TPSA) is 68.0 Å². The molecule has 0 aliphatic rings. The summed E-state index contributed by atoms with van der Waals surface area (Å²) in [5.74, 6) is -0.134. The lowest BCUT2D eigenvalue weighted by molar-refractivity contribution is 0.0955. The number of carbonyl (C=O) groups excluding carboxylic acids is 1. The highest BCUT2D eigenvalue weighted by molar-refractivity contribution is 7.09. The number of anilines is 1. The van der Waals surface area contributed by atoms with Gasteiger partial charge < -0.3 is 11.1 Å². The van der Waals surface area contributed by atoms with E-state index >= 15 is 0 Å². The molecule has 1 aromatic heterocycles. The summed E-state index contributed by atoms with van der Waals surface area (Å²) in [6.45, 7) is 4.48. The third-order valence-electron chi connectivity index (χ3n) is 2.74. The summed E-state index contributed by atoms with van der Waals surface area (Å²) in [5, 5.41) is 5.91. The van der Waals surface area contributed by atoms with Crippen LogP contribution >= 0.6 is 11.3 Å². The van der Waals surface area contributed by atoms with Gasteiger partial charge in [0.1, 0.15) is 0 Å². The molecule has 2 rings (SSSR count). The Morgan fingerprint density at radius 1 is 1.42 bits per heavy atom. The highest BCUT2D eigenvalue weighted by atomic mass is 32.1. The van der Waals surface area contributed by atoms with Gasteiger partial charge in [-0.15, -0.1) is 11.3 Å². The lowest BCUT2D eigenvalue weighted by atomic mass is 10.1. The summed E-state index contributed by atoms with van der Waals surface area (Å²) in [7, 11) is 0. The van der Waals surface area contributed by atoms with Crippen LogP contribution in [-0.4, -0.2) is 17.4 Å². The number of nitrogen functional groups attached to an aromatic ring is 1. The molecule has 0 aliphatic carbocycles. The normalized spacial score (nSPS) is 10.4. The Labute approximate surface area is 116 Å². The summed E-state index contributed by atoms with van der Waals surface area (Å²) in [6, 6.07) is 5.45. The largest absolute Gasteiger partial charge is 0.398 e. The van der Waals surface area contributed by atoms with Gasteiger partial charge in [0.2, 0.25) is 0 Å². The SMILES string of the molecule is Cc1ccc(C(=O)NCCc2nc(C)cs2)c(N)c1. The van der Waals surface area contributed by atoms with Crippen LogP contribution in [0.15, 0.2) is 23.6 Å². The van der Waals surface area contributed by atoms with Crippen LogP contribution in [-0.2, 0) is 6.42 Å². The number of aromatic nitrogens is 1. The zero-order valence-electron chi connectivity index (χ0n) is 11.1. The number of carbonyl (C=O) groups is 1. The van der Waals surface area contributed by atoms with Gasteiger partial charge >= 0.3 is 0 Å². The number of thiazole rings is 1. The number of nitrogens with zero attached hydrogens (tertiary/aromatic N) is 1. The number of aryl methyl sites for hydroxylation is 2. The van der Waals surface area contributed by atoms with Crippen molar-refractivity contribution in [1.29, 1.82) is 0 Å². The smallest absolute Gasteiger partial charge is 0.253 e. The predicted octanol–water partition coefficient (Wildman–Crippen LogP) is 2.31. The van der Waals surface area contributed by atoms with Crippen LogP contribution in [0.2, 0.25) is 0 Å². The van der Waals surface area contributed by atoms with Crippen LogP contribution < -0.4 is 11.1 Å². The number of rotatable bonds is 4. The van der Waals surface area contributed by atoms with Crippen molar-refractivity contribution >= 4 is 22.9 Å². The van der Waals surface area contributed by atoms with Crippen molar-refractivity contribution in [3.05, 3.63) is 45.4 Å². The number of nitrogens with two attached hydrogens (primary N) is 1. The van der Waals surface area contributed by atoms with Gasteiger partial charge in [0.15, 0.2) is 0 Å². The van der Waals surface area contributed by atoms with E-state index < -0.39 is 0 Å². The van der Waals surface area contributed by atoms with E-state index in [1.807, 2.05) is 25.3 Å². The Kier molecular flexibility index (Phi) is 4.16. The third kappa shape index (κ3) is 3.54. The van der Waals surface area contributed by atoms with Crippen LogP contribution in [0.3, 0.4) is 0 Å². The summed E-state index contributed by atoms with van der Waals surface area (Å²) in [6.07, 6.45) is 0.746. The second-order valence-electron chi connectivity index (χ2n) is 4.48. The average Bonchev–Trinajstić information content (AvgIpc) is 2.75. The Hall–Kier alpha value is -1.88. The van der Waals surface area contributed by atoms with Crippen molar-refractivity contribution in [2.24, 2.45) is 0 Å². The molecule has 5 heteroatoms. The first-order valence-electron chi connectivity index (χ1n) is 6.11. The highest BCUT2D eigenvalue weighted by Crippen LogP contribution is 2.13. The van der Waals surface area contributed by atoms with E-state index in [1.165, 1.54) is 0 Å². The molecule has 0 radical (unpaired) electrons. The second-order valence-corrected chi connectivity index (χ2v) is 5.42. The fraction of sp³-hybridized carbons (Fsp3) is 0.286. The lowest BCUT2D eigenvalue weighted by Gasteiger charge is -2.07. The van der Waals surface area contributed by atoms with E-state index in [0.717, 1.165) is 22.7 Å². The molecule has 0 saturated carbocycles. The number of benzene rings is 1. The number of hydrogen-bond acceptors (Lipinski definition) is 4. The van der Waals surface area contributed by atoms with Crippen molar-refractivity contribution in [3.8, 4) is 0 Å². The molecule has 0 aliphatic heterocycles. The molecule has 2 aromatic rings. The molecule has 0 atom stereocenters. The molecule has 0 spiro atoms. The third-order valence-corrected chi connectivity index (χ3v) is 3.77. The standard InChI is InChI=1S/C14H17N3OS/c1-9-3-4-11(12(15)7-9)14(18)16-6-5-13-17-10(2)8-19-13/h3-4,7-8H,5-6,15H2,1-2H3,(H,16,18). The minimum atomic E-state index is -0.134. The Balaban J connectivity index is 1.90. The number of hydrogen-bond donors (Lipinski definition) is 2. The molecule has 4 nitrogen and oxygen atoms in total. The molecule has 0 saturated heterocycles. The molecule has 0 unspecified atom stereocenters.